The van der Waals surface area contributed by atoms with E-state index in [9.17, 15) is 0 Å². The van der Waals surface area contributed by atoms with Gasteiger partial charge in [-0.1, -0.05) is 6.07 Å². The van der Waals surface area contributed by atoms with E-state index in [4.69, 9.17) is 4.74 Å². The Labute approximate surface area is 107 Å². The maximum Gasteiger partial charge on any atom is 0.132 e. The molecule has 1 aromatic heterocycles. The molecule has 0 spiro atoms. The van der Waals surface area contributed by atoms with Gasteiger partial charge in [-0.25, -0.2) is 0 Å². The molecular formula is C15H18N2O. The van der Waals surface area contributed by atoms with Gasteiger partial charge >= 0.3 is 0 Å². The minimum absolute atomic E-state index is 0.542. The first-order chi connectivity index (χ1) is 8.72. The molecule has 0 N–H and O–H groups in total. The summed E-state index contributed by atoms with van der Waals surface area (Å²) in [7, 11) is 1.95. The average Bonchev–Trinajstić information content (AvgIpc) is 2.94. The molecule has 1 heterocycles. The fourth-order valence-electron chi connectivity index (χ4n) is 2.50. The molecule has 1 aliphatic rings. The summed E-state index contributed by atoms with van der Waals surface area (Å²) >= 11 is 0. The topological polar surface area (TPSA) is 27.1 Å². The van der Waals surface area contributed by atoms with E-state index in [1.165, 1.54) is 30.4 Å². The molecule has 0 aliphatic heterocycles. The molecule has 0 amide bonds. The van der Waals surface area contributed by atoms with Crippen molar-refractivity contribution in [3.63, 3.8) is 0 Å². The maximum absolute atomic E-state index is 5.81. The van der Waals surface area contributed by atoms with E-state index in [2.05, 4.69) is 29.4 Å². The third-order valence-electron chi connectivity index (χ3n) is 3.62. The quantitative estimate of drug-likeness (QED) is 0.827. The fourth-order valence-corrected chi connectivity index (χ4v) is 2.50. The summed E-state index contributed by atoms with van der Waals surface area (Å²) in [5.74, 6) is 0.957. The number of nitrogens with zero attached hydrogens (tertiary/aromatic N) is 2. The first kappa shape index (κ1) is 11.3. The second-order valence-electron chi connectivity index (χ2n) is 4.97. The number of fused-ring (bicyclic) bond motifs is 1. The Morgan fingerprint density at radius 3 is 2.83 bits per heavy atom. The van der Waals surface area contributed by atoms with Gasteiger partial charge in [0.15, 0.2) is 0 Å². The number of ether oxygens (including phenoxy) is 1. The van der Waals surface area contributed by atoms with Crippen molar-refractivity contribution >= 4 is 0 Å². The van der Waals surface area contributed by atoms with Gasteiger partial charge in [0.05, 0.1) is 0 Å². The molecule has 94 valence electrons. The summed E-state index contributed by atoms with van der Waals surface area (Å²) in [6.07, 6.45) is 3.68. The molecule has 1 aliphatic carbocycles. The zero-order valence-corrected chi connectivity index (χ0v) is 10.9. The van der Waals surface area contributed by atoms with Gasteiger partial charge in [-0.15, -0.1) is 0 Å². The Hall–Kier alpha value is -1.77. The Morgan fingerprint density at radius 1 is 1.22 bits per heavy atom. The normalized spacial score (nSPS) is 13.7. The Bertz CT molecular complexity index is 552. The molecule has 18 heavy (non-hydrogen) atoms. The van der Waals surface area contributed by atoms with E-state index in [0.29, 0.717) is 6.61 Å². The van der Waals surface area contributed by atoms with Gasteiger partial charge in [0, 0.05) is 12.7 Å². The van der Waals surface area contributed by atoms with Gasteiger partial charge in [0.25, 0.3) is 0 Å². The molecule has 0 bridgehead atoms. The van der Waals surface area contributed by atoms with Crippen LogP contribution in [0.5, 0.6) is 5.75 Å². The van der Waals surface area contributed by atoms with Crippen molar-refractivity contribution in [2.24, 2.45) is 7.05 Å². The van der Waals surface area contributed by atoms with Gasteiger partial charge in [0.1, 0.15) is 18.1 Å². The van der Waals surface area contributed by atoms with Gasteiger partial charge in [0.2, 0.25) is 0 Å². The first-order valence-corrected chi connectivity index (χ1v) is 6.46. The number of aryl methyl sites for hydroxylation is 4. The molecule has 0 unspecified atom stereocenters. The number of aromatic nitrogens is 2. The van der Waals surface area contributed by atoms with E-state index in [-0.39, 0.29) is 0 Å². The molecule has 3 rings (SSSR count). The molecular weight excluding hydrogens is 224 g/mol. The smallest absolute Gasteiger partial charge is 0.132 e. The lowest BCUT2D eigenvalue weighted by Crippen LogP contribution is -1.98. The van der Waals surface area contributed by atoms with Crippen molar-refractivity contribution in [1.82, 2.24) is 9.78 Å². The number of rotatable bonds is 3. The van der Waals surface area contributed by atoms with Crippen LogP contribution in [0.15, 0.2) is 24.3 Å². The fraction of sp³-hybridized carbons (Fsp3) is 0.400. The van der Waals surface area contributed by atoms with Gasteiger partial charge in [-0.05, 0) is 55.5 Å². The van der Waals surface area contributed by atoms with Crippen LogP contribution >= 0.6 is 0 Å². The summed E-state index contributed by atoms with van der Waals surface area (Å²) in [4.78, 5) is 0. The Morgan fingerprint density at radius 2 is 2.06 bits per heavy atom. The predicted molar refractivity (Wildman–Crippen MR) is 70.7 cm³/mol. The summed E-state index contributed by atoms with van der Waals surface area (Å²) in [6, 6.07) is 8.51. The van der Waals surface area contributed by atoms with Crippen LogP contribution in [0.4, 0.5) is 0 Å². The highest BCUT2D eigenvalue weighted by Gasteiger charge is 2.11. The van der Waals surface area contributed by atoms with E-state index in [0.717, 1.165) is 17.1 Å². The van der Waals surface area contributed by atoms with Crippen LogP contribution < -0.4 is 4.74 Å². The van der Waals surface area contributed by atoms with Crippen LogP contribution in [0.1, 0.15) is 28.9 Å². The zero-order valence-electron chi connectivity index (χ0n) is 10.9. The number of benzene rings is 1. The lowest BCUT2D eigenvalue weighted by Gasteiger charge is -2.06. The SMILES string of the molecule is Cc1cc(COc2ccc3c(c2)CCC3)nn1C. The maximum atomic E-state index is 5.81. The minimum atomic E-state index is 0.542. The lowest BCUT2D eigenvalue weighted by atomic mass is 10.1. The first-order valence-electron chi connectivity index (χ1n) is 6.46. The molecule has 3 heteroatoms. The summed E-state index contributed by atoms with van der Waals surface area (Å²) in [5.41, 5.74) is 5.07. The molecule has 0 atom stereocenters. The van der Waals surface area contributed by atoms with Crippen LogP contribution in [0.3, 0.4) is 0 Å². The van der Waals surface area contributed by atoms with Crippen molar-refractivity contribution in [3.8, 4) is 5.75 Å². The van der Waals surface area contributed by atoms with Crippen molar-refractivity contribution in [2.45, 2.75) is 32.8 Å². The molecule has 0 saturated carbocycles. The summed E-state index contributed by atoms with van der Waals surface area (Å²) < 4.78 is 7.69. The largest absolute Gasteiger partial charge is 0.487 e. The lowest BCUT2D eigenvalue weighted by molar-refractivity contribution is 0.300. The Kier molecular flexibility index (Phi) is 2.82. The molecule has 0 saturated heterocycles. The highest BCUT2D eigenvalue weighted by atomic mass is 16.5. The highest BCUT2D eigenvalue weighted by molar-refractivity contribution is 5.38. The zero-order chi connectivity index (χ0) is 12.5. The van der Waals surface area contributed by atoms with Crippen molar-refractivity contribution in [3.05, 3.63) is 46.8 Å². The third-order valence-corrected chi connectivity index (χ3v) is 3.62. The Balaban J connectivity index is 1.70. The summed E-state index contributed by atoms with van der Waals surface area (Å²) in [6.45, 7) is 2.59. The monoisotopic (exact) mass is 242 g/mol. The molecule has 0 fully saturated rings. The van der Waals surface area contributed by atoms with E-state index in [1.807, 2.05) is 18.7 Å². The van der Waals surface area contributed by atoms with Crippen LogP contribution in [0.2, 0.25) is 0 Å². The van der Waals surface area contributed by atoms with E-state index < -0.39 is 0 Å². The number of hydrogen-bond acceptors (Lipinski definition) is 2. The van der Waals surface area contributed by atoms with E-state index >= 15 is 0 Å². The van der Waals surface area contributed by atoms with E-state index in [1.54, 1.807) is 0 Å². The highest BCUT2D eigenvalue weighted by Crippen LogP contribution is 2.26. The van der Waals surface area contributed by atoms with Gasteiger partial charge in [-0.3, -0.25) is 4.68 Å². The standard InChI is InChI=1S/C15H18N2O/c1-11-8-14(16-17(11)2)10-18-15-7-6-12-4-3-5-13(12)9-15/h6-9H,3-5,10H2,1-2H3. The van der Waals surface area contributed by atoms with Crippen LogP contribution in [-0.4, -0.2) is 9.78 Å². The molecule has 2 aromatic rings. The van der Waals surface area contributed by atoms with Crippen LogP contribution in [0.25, 0.3) is 0 Å². The van der Waals surface area contributed by atoms with Gasteiger partial charge < -0.3 is 4.74 Å². The summed E-state index contributed by atoms with van der Waals surface area (Å²) in [5, 5.41) is 4.39. The third kappa shape index (κ3) is 2.13. The van der Waals surface area contributed by atoms with Crippen molar-refractivity contribution in [1.29, 1.82) is 0 Å². The number of hydrogen-bond donors (Lipinski definition) is 0. The molecule has 0 radical (unpaired) electrons. The minimum Gasteiger partial charge on any atom is -0.487 e. The van der Waals surface area contributed by atoms with Gasteiger partial charge in [-0.2, -0.15) is 5.10 Å². The predicted octanol–water partition coefficient (Wildman–Crippen LogP) is 2.80. The molecule has 1 aromatic carbocycles. The van der Waals surface area contributed by atoms with Crippen molar-refractivity contribution in [2.75, 3.05) is 0 Å². The average molecular weight is 242 g/mol. The van der Waals surface area contributed by atoms with Crippen LogP contribution in [0, 0.1) is 6.92 Å². The van der Waals surface area contributed by atoms with Crippen LogP contribution in [-0.2, 0) is 26.5 Å². The molecule has 3 nitrogen and oxygen atoms in total. The van der Waals surface area contributed by atoms with Crippen molar-refractivity contribution < 1.29 is 4.74 Å². The second kappa shape index (κ2) is 4.48. The second-order valence-corrected chi connectivity index (χ2v) is 4.97.